The first kappa shape index (κ1) is 16.3. The van der Waals surface area contributed by atoms with Crippen LogP contribution in [0.1, 0.15) is 13.8 Å². The van der Waals surface area contributed by atoms with Gasteiger partial charge in [-0.15, -0.1) is 0 Å². The van der Waals surface area contributed by atoms with Gasteiger partial charge >= 0.3 is 0 Å². The van der Waals surface area contributed by atoms with Crippen molar-refractivity contribution in [3.8, 4) is 11.5 Å². The van der Waals surface area contributed by atoms with Gasteiger partial charge in [-0.3, -0.25) is 4.79 Å². The molecule has 5 heteroatoms. The zero-order valence-corrected chi connectivity index (χ0v) is 12.4. The van der Waals surface area contributed by atoms with Crippen molar-refractivity contribution in [2.45, 2.75) is 13.8 Å². The van der Waals surface area contributed by atoms with Crippen LogP contribution in [0, 0.1) is 5.92 Å². The van der Waals surface area contributed by atoms with Gasteiger partial charge in [-0.2, -0.15) is 0 Å². The Kier molecular flexibility index (Phi) is 7.50. The van der Waals surface area contributed by atoms with E-state index in [1.54, 1.807) is 7.11 Å². The summed E-state index contributed by atoms with van der Waals surface area (Å²) in [7, 11) is 1.61. The van der Waals surface area contributed by atoms with Crippen LogP contribution in [-0.4, -0.2) is 39.3 Å². The SMILES string of the molecule is COc1ccccc1OCCNCC(=O)NCC(C)C. The van der Waals surface area contributed by atoms with Crippen LogP contribution < -0.4 is 20.1 Å². The Labute approximate surface area is 120 Å². The van der Waals surface area contributed by atoms with Crippen LogP contribution >= 0.6 is 0 Å². The topological polar surface area (TPSA) is 59.6 Å². The number of rotatable bonds is 9. The number of carbonyl (C=O) groups is 1. The Morgan fingerprint density at radius 2 is 1.95 bits per heavy atom. The maximum absolute atomic E-state index is 11.4. The van der Waals surface area contributed by atoms with E-state index in [0.717, 1.165) is 0 Å². The van der Waals surface area contributed by atoms with Crippen LogP contribution in [0.3, 0.4) is 0 Å². The Hall–Kier alpha value is -1.75. The fraction of sp³-hybridized carbons (Fsp3) is 0.533. The second-order valence-electron chi connectivity index (χ2n) is 4.87. The minimum Gasteiger partial charge on any atom is -0.493 e. The molecule has 112 valence electrons. The van der Waals surface area contributed by atoms with Crippen molar-refractivity contribution in [1.29, 1.82) is 0 Å². The van der Waals surface area contributed by atoms with Crippen LogP contribution in [0.15, 0.2) is 24.3 Å². The van der Waals surface area contributed by atoms with Gasteiger partial charge in [-0.05, 0) is 18.1 Å². The van der Waals surface area contributed by atoms with E-state index in [9.17, 15) is 4.79 Å². The Balaban J connectivity index is 2.14. The van der Waals surface area contributed by atoms with Crippen molar-refractivity contribution in [2.24, 2.45) is 5.92 Å². The van der Waals surface area contributed by atoms with Gasteiger partial charge in [-0.1, -0.05) is 26.0 Å². The van der Waals surface area contributed by atoms with Crippen molar-refractivity contribution in [3.05, 3.63) is 24.3 Å². The summed E-state index contributed by atoms with van der Waals surface area (Å²) in [6.07, 6.45) is 0. The van der Waals surface area contributed by atoms with E-state index in [4.69, 9.17) is 9.47 Å². The summed E-state index contributed by atoms with van der Waals surface area (Å²) in [5.41, 5.74) is 0. The molecule has 0 fully saturated rings. The summed E-state index contributed by atoms with van der Waals surface area (Å²) in [6.45, 7) is 6.23. The van der Waals surface area contributed by atoms with Crippen molar-refractivity contribution in [2.75, 3.05) is 33.4 Å². The molecule has 1 amide bonds. The normalized spacial score (nSPS) is 10.4. The number of hydrogen-bond acceptors (Lipinski definition) is 4. The molecule has 0 aromatic heterocycles. The fourth-order valence-corrected chi connectivity index (χ4v) is 1.55. The van der Waals surface area contributed by atoms with Gasteiger partial charge in [0.2, 0.25) is 5.91 Å². The van der Waals surface area contributed by atoms with Gasteiger partial charge in [-0.25, -0.2) is 0 Å². The molecule has 0 radical (unpaired) electrons. The van der Waals surface area contributed by atoms with E-state index >= 15 is 0 Å². The molecule has 20 heavy (non-hydrogen) atoms. The molecule has 0 aliphatic heterocycles. The molecule has 2 N–H and O–H groups in total. The van der Waals surface area contributed by atoms with Gasteiger partial charge in [0, 0.05) is 13.1 Å². The van der Waals surface area contributed by atoms with E-state index in [0.29, 0.717) is 43.7 Å². The highest BCUT2D eigenvalue weighted by atomic mass is 16.5. The number of benzene rings is 1. The van der Waals surface area contributed by atoms with Gasteiger partial charge in [0.15, 0.2) is 11.5 Å². The molecule has 0 unspecified atom stereocenters. The predicted octanol–water partition coefficient (Wildman–Crippen LogP) is 1.44. The first-order valence-electron chi connectivity index (χ1n) is 6.86. The number of hydrogen-bond donors (Lipinski definition) is 2. The van der Waals surface area contributed by atoms with E-state index in [1.165, 1.54) is 0 Å². The largest absolute Gasteiger partial charge is 0.493 e. The van der Waals surface area contributed by atoms with Crippen LogP contribution in [0.25, 0.3) is 0 Å². The zero-order chi connectivity index (χ0) is 14.8. The maximum atomic E-state index is 11.4. The highest BCUT2D eigenvalue weighted by Gasteiger charge is 2.03. The van der Waals surface area contributed by atoms with Gasteiger partial charge in [0.05, 0.1) is 13.7 Å². The summed E-state index contributed by atoms with van der Waals surface area (Å²) in [5, 5.41) is 5.89. The Morgan fingerprint density at radius 1 is 1.25 bits per heavy atom. The summed E-state index contributed by atoms with van der Waals surface area (Å²) in [6, 6.07) is 7.49. The number of para-hydroxylation sites is 2. The highest BCUT2D eigenvalue weighted by molar-refractivity contribution is 5.77. The average Bonchev–Trinajstić information content (AvgIpc) is 2.45. The summed E-state index contributed by atoms with van der Waals surface area (Å²) < 4.78 is 10.8. The molecule has 0 saturated carbocycles. The highest BCUT2D eigenvalue weighted by Crippen LogP contribution is 2.25. The Bertz CT molecular complexity index is 408. The number of ether oxygens (including phenoxy) is 2. The summed E-state index contributed by atoms with van der Waals surface area (Å²) in [4.78, 5) is 11.4. The standard InChI is InChI=1S/C15H24N2O3/c1-12(2)10-17-15(18)11-16-8-9-20-14-7-5-4-6-13(14)19-3/h4-7,12,16H,8-11H2,1-3H3,(H,17,18). The Morgan fingerprint density at radius 3 is 2.60 bits per heavy atom. The number of carbonyl (C=O) groups excluding carboxylic acids is 1. The van der Waals surface area contributed by atoms with E-state index in [1.807, 2.05) is 24.3 Å². The number of amides is 1. The van der Waals surface area contributed by atoms with Gasteiger partial charge in [0.1, 0.15) is 6.61 Å². The minimum absolute atomic E-state index is 0.0102. The first-order chi connectivity index (χ1) is 9.63. The average molecular weight is 280 g/mol. The fourth-order valence-electron chi connectivity index (χ4n) is 1.55. The lowest BCUT2D eigenvalue weighted by molar-refractivity contribution is -0.120. The molecule has 0 saturated heterocycles. The third-order valence-electron chi connectivity index (χ3n) is 2.60. The summed E-state index contributed by atoms with van der Waals surface area (Å²) in [5.74, 6) is 1.90. The maximum Gasteiger partial charge on any atom is 0.233 e. The molecule has 1 aromatic rings. The minimum atomic E-state index is 0.0102. The van der Waals surface area contributed by atoms with Gasteiger partial charge in [0.25, 0.3) is 0 Å². The van der Waals surface area contributed by atoms with E-state index in [-0.39, 0.29) is 5.91 Å². The van der Waals surface area contributed by atoms with Crippen molar-refractivity contribution < 1.29 is 14.3 Å². The van der Waals surface area contributed by atoms with Crippen LogP contribution in [0.2, 0.25) is 0 Å². The molecular weight excluding hydrogens is 256 g/mol. The van der Waals surface area contributed by atoms with Crippen molar-refractivity contribution in [3.63, 3.8) is 0 Å². The number of methoxy groups -OCH3 is 1. The molecule has 0 spiro atoms. The molecule has 0 atom stereocenters. The molecule has 1 rings (SSSR count). The lowest BCUT2D eigenvalue weighted by Crippen LogP contribution is -2.37. The third kappa shape index (κ3) is 6.43. The lowest BCUT2D eigenvalue weighted by atomic mass is 10.2. The summed E-state index contributed by atoms with van der Waals surface area (Å²) >= 11 is 0. The first-order valence-corrected chi connectivity index (χ1v) is 6.86. The smallest absolute Gasteiger partial charge is 0.233 e. The van der Waals surface area contributed by atoms with Crippen LogP contribution in [0.4, 0.5) is 0 Å². The second-order valence-corrected chi connectivity index (χ2v) is 4.87. The third-order valence-corrected chi connectivity index (χ3v) is 2.60. The van der Waals surface area contributed by atoms with Crippen LogP contribution in [0.5, 0.6) is 11.5 Å². The predicted molar refractivity (Wildman–Crippen MR) is 79.2 cm³/mol. The van der Waals surface area contributed by atoms with Crippen LogP contribution in [-0.2, 0) is 4.79 Å². The second kappa shape index (κ2) is 9.20. The van der Waals surface area contributed by atoms with Crippen molar-refractivity contribution >= 4 is 5.91 Å². The molecule has 5 nitrogen and oxygen atoms in total. The van der Waals surface area contributed by atoms with Gasteiger partial charge < -0.3 is 20.1 Å². The molecule has 0 bridgehead atoms. The van der Waals surface area contributed by atoms with E-state index in [2.05, 4.69) is 24.5 Å². The molecule has 1 aromatic carbocycles. The number of nitrogens with one attached hydrogen (secondary N) is 2. The zero-order valence-electron chi connectivity index (χ0n) is 12.4. The molecule has 0 aliphatic rings. The van der Waals surface area contributed by atoms with Crippen molar-refractivity contribution in [1.82, 2.24) is 10.6 Å². The quantitative estimate of drug-likeness (QED) is 0.672. The van der Waals surface area contributed by atoms with E-state index < -0.39 is 0 Å². The monoisotopic (exact) mass is 280 g/mol. The molecule has 0 aliphatic carbocycles. The lowest BCUT2D eigenvalue weighted by Gasteiger charge is -2.11. The molecular formula is C15H24N2O3. The molecule has 0 heterocycles.